The molecule has 1 fully saturated rings. The summed E-state index contributed by atoms with van der Waals surface area (Å²) in [5.41, 5.74) is 0. The molecule has 1 aromatic rings. The lowest BCUT2D eigenvalue weighted by atomic mass is 10.0. The number of likely N-dealkylation sites (tertiary alicyclic amines) is 1. The fourth-order valence-electron chi connectivity index (χ4n) is 2.81. The highest BCUT2D eigenvalue weighted by atomic mass is 32.2. The second kappa shape index (κ2) is 6.37. The van der Waals surface area contributed by atoms with Gasteiger partial charge in [0.2, 0.25) is 22.7 Å². The first kappa shape index (κ1) is 16.1. The van der Waals surface area contributed by atoms with Crippen molar-refractivity contribution in [2.75, 3.05) is 26.4 Å². The van der Waals surface area contributed by atoms with Crippen LogP contribution in [0.1, 0.15) is 19.8 Å². The van der Waals surface area contributed by atoms with Gasteiger partial charge in [-0.3, -0.25) is 4.79 Å². The van der Waals surface area contributed by atoms with Crippen molar-refractivity contribution in [3.63, 3.8) is 0 Å². The molecule has 2 aliphatic heterocycles. The molecule has 2 aliphatic rings. The van der Waals surface area contributed by atoms with Crippen molar-refractivity contribution in [1.82, 2.24) is 9.62 Å². The maximum absolute atomic E-state index is 12.3. The Labute approximate surface area is 135 Å². The van der Waals surface area contributed by atoms with Crippen molar-refractivity contribution < 1.29 is 22.7 Å². The second-order valence-corrected chi connectivity index (χ2v) is 7.69. The van der Waals surface area contributed by atoms with Gasteiger partial charge in [-0.1, -0.05) is 6.92 Å². The Kier molecular flexibility index (Phi) is 4.45. The third-order valence-electron chi connectivity index (χ3n) is 4.08. The number of carbonyl (C=O) groups is 1. The monoisotopic (exact) mass is 340 g/mol. The Morgan fingerprint density at radius 2 is 2.13 bits per heavy atom. The Morgan fingerprint density at radius 3 is 2.91 bits per heavy atom. The van der Waals surface area contributed by atoms with Gasteiger partial charge < -0.3 is 14.4 Å². The van der Waals surface area contributed by atoms with E-state index in [1.165, 1.54) is 12.1 Å². The number of nitrogens with one attached hydrogen (secondary N) is 1. The molecule has 2 heterocycles. The quantitative estimate of drug-likeness (QED) is 0.882. The smallest absolute Gasteiger partial charge is 0.241 e. The van der Waals surface area contributed by atoms with Crippen LogP contribution in [0, 0.1) is 5.92 Å². The van der Waals surface area contributed by atoms with E-state index in [9.17, 15) is 13.2 Å². The molecule has 23 heavy (non-hydrogen) atoms. The van der Waals surface area contributed by atoms with Gasteiger partial charge in [-0.25, -0.2) is 13.1 Å². The highest BCUT2D eigenvalue weighted by Gasteiger charge is 2.24. The number of ether oxygens (including phenoxy) is 2. The number of hydrogen-bond acceptors (Lipinski definition) is 5. The molecule has 126 valence electrons. The first-order chi connectivity index (χ1) is 11.0. The number of piperidine rings is 1. The first-order valence-electron chi connectivity index (χ1n) is 7.63. The molecule has 1 N–H and O–H groups in total. The summed E-state index contributed by atoms with van der Waals surface area (Å²) in [5, 5.41) is 0. The molecule has 1 amide bonds. The molecular weight excluding hydrogens is 320 g/mol. The minimum absolute atomic E-state index is 0.0570. The topological polar surface area (TPSA) is 84.9 Å². The normalized spacial score (nSPS) is 20.6. The SMILES string of the molecule is CC1CCCN(C(=O)CNS(=O)(=O)c2ccc3c(c2)OCO3)C1. The van der Waals surface area contributed by atoms with Gasteiger partial charge in [0.15, 0.2) is 11.5 Å². The van der Waals surface area contributed by atoms with E-state index in [-0.39, 0.29) is 24.1 Å². The van der Waals surface area contributed by atoms with Crippen LogP contribution in [0.5, 0.6) is 11.5 Å². The molecule has 1 aromatic carbocycles. The van der Waals surface area contributed by atoms with E-state index in [0.717, 1.165) is 12.8 Å². The molecule has 0 spiro atoms. The van der Waals surface area contributed by atoms with E-state index in [1.54, 1.807) is 11.0 Å². The van der Waals surface area contributed by atoms with Crippen LogP contribution in [0.4, 0.5) is 0 Å². The number of hydrogen-bond donors (Lipinski definition) is 1. The molecule has 0 radical (unpaired) electrons. The molecule has 0 saturated carbocycles. The molecule has 1 atom stereocenters. The highest BCUT2D eigenvalue weighted by Crippen LogP contribution is 2.33. The zero-order valence-corrected chi connectivity index (χ0v) is 13.8. The zero-order valence-electron chi connectivity index (χ0n) is 12.9. The van der Waals surface area contributed by atoms with E-state index in [1.807, 2.05) is 0 Å². The van der Waals surface area contributed by atoms with Crippen LogP contribution in [0.2, 0.25) is 0 Å². The highest BCUT2D eigenvalue weighted by molar-refractivity contribution is 7.89. The van der Waals surface area contributed by atoms with Crippen molar-refractivity contribution in [2.24, 2.45) is 5.92 Å². The minimum atomic E-state index is -3.76. The van der Waals surface area contributed by atoms with E-state index in [0.29, 0.717) is 30.5 Å². The van der Waals surface area contributed by atoms with Gasteiger partial charge in [-0.05, 0) is 30.9 Å². The van der Waals surface area contributed by atoms with Crippen LogP contribution in [-0.4, -0.2) is 45.7 Å². The fraction of sp³-hybridized carbons (Fsp3) is 0.533. The van der Waals surface area contributed by atoms with Gasteiger partial charge in [-0.15, -0.1) is 0 Å². The van der Waals surface area contributed by atoms with Crippen molar-refractivity contribution >= 4 is 15.9 Å². The Balaban J connectivity index is 1.63. The standard InChI is InChI=1S/C15H20N2O5S/c1-11-3-2-6-17(9-11)15(18)8-16-23(19,20)12-4-5-13-14(7-12)22-10-21-13/h4-5,7,11,16H,2-3,6,8-10H2,1H3. The fourth-order valence-corrected chi connectivity index (χ4v) is 3.80. The van der Waals surface area contributed by atoms with Crippen molar-refractivity contribution in [3.8, 4) is 11.5 Å². The average Bonchev–Trinajstić information content (AvgIpc) is 3.00. The number of rotatable bonds is 4. The van der Waals surface area contributed by atoms with Gasteiger partial charge >= 0.3 is 0 Å². The Hall–Kier alpha value is -1.80. The van der Waals surface area contributed by atoms with E-state index in [4.69, 9.17) is 9.47 Å². The van der Waals surface area contributed by atoms with E-state index >= 15 is 0 Å². The van der Waals surface area contributed by atoms with Crippen LogP contribution in [0.15, 0.2) is 23.1 Å². The minimum Gasteiger partial charge on any atom is -0.454 e. The summed E-state index contributed by atoms with van der Waals surface area (Å²) >= 11 is 0. The lowest BCUT2D eigenvalue weighted by molar-refractivity contribution is -0.131. The molecule has 1 saturated heterocycles. The predicted molar refractivity (Wildman–Crippen MR) is 82.7 cm³/mol. The van der Waals surface area contributed by atoms with Crippen LogP contribution in [-0.2, 0) is 14.8 Å². The van der Waals surface area contributed by atoms with Crippen LogP contribution in [0.25, 0.3) is 0 Å². The molecule has 3 rings (SSSR count). The summed E-state index contributed by atoms with van der Waals surface area (Å²) < 4.78 is 37.3. The van der Waals surface area contributed by atoms with Crippen molar-refractivity contribution in [3.05, 3.63) is 18.2 Å². The molecule has 8 heteroatoms. The molecular formula is C15H20N2O5S. The third kappa shape index (κ3) is 3.59. The summed E-state index contributed by atoms with van der Waals surface area (Å²) in [6.07, 6.45) is 2.06. The van der Waals surface area contributed by atoms with Crippen LogP contribution >= 0.6 is 0 Å². The summed E-state index contributed by atoms with van der Waals surface area (Å²) in [5.74, 6) is 1.17. The van der Waals surface area contributed by atoms with Crippen molar-refractivity contribution in [2.45, 2.75) is 24.7 Å². The molecule has 0 aliphatic carbocycles. The second-order valence-electron chi connectivity index (χ2n) is 5.93. The molecule has 1 unspecified atom stereocenters. The molecule has 0 bridgehead atoms. The number of nitrogens with zero attached hydrogens (tertiary/aromatic N) is 1. The summed E-state index contributed by atoms with van der Waals surface area (Å²) in [4.78, 5) is 13.9. The lowest BCUT2D eigenvalue weighted by Crippen LogP contribution is -2.44. The molecule has 7 nitrogen and oxygen atoms in total. The van der Waals surface area contributed by atoms with Gasteiger partial charge in [0.05, 0.1) is 11.4 Å². The summed E-state index contributed by atoms with van der Waals surface area (Å²) in [6, 6.07) is 4.38. The predicted octanol–water partition coefficient (Wildman–Crippen LogP) is 0.952. The summed E-state index contributed by atoms with van der Waals surface area (Å²) in [6.45, 7) is 3.32. The maximum atomic E-state index is 12.3. The molecule has 0 aromatic heterocycles. The number of carbonyl (C=O) groups excluding carboxylic acids is 1. The van der Waals surface area contributed by atoms with Gasteiger partial charge in [-0.2, -0.15) is 0 Å². The van der Waals surface area contributed by atoms with Crippen LogP contribution in [0.3, 0.4) is 0 Å². The third-order valence-corrected chi connectivity index (χ3v) is 5.48. The van der Waals surface area contributed by atoms with Crippen LogP contribution < -0.4 is 14.2 Å². The number of sulfonamides is 1. The lowest BCUT2D eigenvalue weighted by Gasteiger charge is -2.31. The van der Waals surface area contributed by atoms with Crippen molar-refractivity contribution in [1.29, 1.82) is 0 Å². The van der Waals surface area contributed by atoms with E-state index in [2.05, 4.69) is 11.6 Å². The van der Waals surface area contributed by atoms with Gasteiger partial charge in [0, 0.05) is 19.2 Å². The number of benzene rings is 1. The van der Waals surface area contributed by atoms with Gasteiger partial charge in [0.25, 0.3) is 0 Å². The maximum Gasteiger partial charge on any atom is 0.241 e. The Bertz CT molecular complexity index is 704. The summed E-state index contributed by atoms with van der Waals surface area (Å²) in [7, 11) is -3.76. The zero-order chi connectivity index (χ0) is 16.4. The number of fused-ring (bicyclic) bond motifs is 1. The average molecular weight is 340 g/mol. The largest absolute Gasteiger partial charge is 0.454 e. The number of amides is 1. The first-order valence-corrected chi connectivity index (χ1v) is 9.11. The Morgan fingerprint density at radius 1 is 1.35 bits per heavy atom. The van der Waals surface area contributed by atoms with E-state index < -0.39 is 10.0 Å². The van der Waals surface area contributed by atoms with Gasteiger partial charge in [0.1, 0.15) is 0 Å².